The van der Waals surface area contributed by atoms with Crippen LogP contribution in [0.5, 0.6) is 0 Å². The van der Waals surface area contributed by atoms with E-state index in [0.717, 1.165) is 4.47 Å². The Bertz CT molecular complexity index is 507. The predicted octanol–water partition coefficient (Wildman–Crippen LogP) is 2.80. The molecule has 2 aromatic heterocycles. The van der Waals surface area contributed by atoms with Crippen LogP contribution < -0.4 is 0 Å². The summed E-state index contributed by atoms with van der Waals surface area (Å²) in [5.74, 6) is -0.459. The summed E-state index contributed by atoms with van der Waals surface area (Å²) in [4.78, 5) is 14.4. The molecular formula is C10H6BrNO3. The summed E-state index contributed by atoms with van der Waals surface area (Å²) in [5, 5.41) is 8.77. The van der Waals surface area contributed by atoms with E-state index in [2.05, 4.69) is 20.9 Å². The summed E-state index contributed by atoms with van der Waals surface area (Å²) in [6.07, 6.45) is 2.97. The van der Waals surface area contributed by atoms with Crippen molar-refractivity contribution in [3.63, 3.8) is 0 Å². The summed E-state index contributed by atoms with van der Waals surface area (Å²) in [7, 11) is 0. The van der Waals surface area contributed by atoms with Crippen LogP contribution in [0.1, 0.15) is 10.5 Å². The Morgan fingerprint density at radius 2 is 2.27 bits per heavy atom. The SMILES string of the molecule is O=C(O)c1cc(-c2occc2Br)ccn1. The molecule has 0 radical (unpaired) electrons. The van der Waals surface area contributed by atoms with Gasteiger partial charge in [-0.15, -0.1) is 0 Å². The Labute approximate surface area is 93.7 Å². The van der Waals surface area contributed by atoms with Crippen LogP contribution in [0, 0.1) is 0 Å². The summed E-state index contributed by atoms with van der Waals surface area (Å²) >= 11 is 3.30. The first-order valence-electron chi connectivity index (χ1n) is 4.11. The highest BCUT2D eigenvalue weighted by molar-refractivity contribution is 9.10. The molecule has 2 heterocycles. The van der Waals surface area contributed by atoms with Crippen LogP contribution in [0.3, 0.4) is 0 Å². The number of pyridine rings is 1. The third kappa shape index (κ3) is 1.92. The second kappa shape index (κ2) is 3.86. The van der Waals surface area contributed by atoms with Gasteiger partial charge in [0.1, 0.15) is 11.5 Å². The fraction of sp³-hybridized carbons (Fsp3) is 0. The van der Waals surface area contributed by atoms with Gasteiger partial charge in [-0.2, -0.15) is 0 Å². The molecule has 5 heteroatoms. The number of aromatic nitrogens is 1. The maximum absolute atomic E-state index is 10.7. The van der Waals surface area contributed by atoms with Crippen molar-refractivity contribution in [3.05, 3.63) is 40.8 Å². The molecule has 1 N–H and O–H groups in total. The van der Waals surface area contributed by atoms with Crippen molar-refractivity contribution in [2.75, 3.05) is 0 Å². The lowest BCUT2D eigenvalue weighted by Gasteiger charge is -1.99. The molecule has 0 atom stereocenters. The van der Waals surface area contributed by atoms with E-state index < -0.39 is 5.97 Å². The van der Waals surface area contributed by atoms with Gasteiger partial charge in [-0.05, 0) is 34.1 Å². The van der Waals surface area contributed by atoms with Gasteiger partial charge in [-0.1, -0.05) is 0 Å². The van der Waals surface area contributed by atoms with E-state index in [0.29, 0.717) is 11.3 Å². The van der Waals surface area contributed by atoms with E-state index in [-0.39, 0.29) is 5.69 Å². The van der Waals surface area contributed by atoms with Crippen LogP contribution in [0.2, 0.25) is 0 Å². The Morgan fingerprint density at radius 3 is 2.87 bits per heavy atom. The molecule has 0 saturated heterocycles. The zero-order valence-electron chi connectivity index (χ0n) is 7.48. The lowest BCUT2D eigenvalue weighted by atomic mass is 10.2. The van der Waals surface area contributed by atoms with Crippen molar-refractivity contribution >= 4 is 21.9 Å². The number of carbonyl (C=O) groups is 1. The fourth-order valence-electron chi connectivity index (χ4n) is 1.19. The maximum Gasteiger partial charge on any atom is 0.354 e. The van der Waals surface area contributed by atoms with Crippen molar-refractivity contribution in [2.24, 2.45) is 0 Å². The second-order valence-electron chi connectivity index (χ2n) is 2.83. The second-order valence-corrected chi connectivity index (χ2v) is 3.69. The van der Waals surface area contributed by atoms with Crippen LogP contribution in [-0.4, -0.2) is 16.1 Å². The predicted molar refractivity (Wildman–Crippen MR) is 56.6 cm³/mol. The molecule has 0 aliphatic heterocycles. The summed E-state index contributed by atoms with van der Waals surface area (Å²) in [6.45, 7) is 0. The topological polar surface area (TPSA) is 63.3 Å². The molecule has 0 unspecified atom stereocenters. The van der Waals surface area contributed by atoms with Crippen LogP contribution in [0.25, 0.3) is 11.3 Å². The monoisotopic (exact) mass is 267 g/mol. The first-order chi connectivity index (χ1) is 7.18. The molecule has 0 saturated carbocycles. The molecule has 0 bridgehead atoms. The highest BCUT2D eigenvalue weighted by Crippen LogP contribution is 2.28. The number of carboxylic acid groups (broad SMARTS) is 1. The van der Waals surface area contributed by atoms with Crippen LogP contribution in [-0.2, 0) is 0 Å². The highest BCUT2D eigenvalue weighted by atomic mass is 79.9. The average Bonchev–Trinajstić information content (AvgIpc) is 2.64. The smallest absolute Gasteiger partial charge is 0.354 e. The highest BCUT2D eigenvalue weighted by Gasteiger charge is 2.10. The Balaban J connectivity index is 2.50. The molecule has 0 aromatic carbocycles. The number of nitrogens with zero attached hydrogens (tertiary/aromatic N) is 1. The normalized spacial score (nSPS) is 10.2. The van der Waals surface area contributed by atoms with Gasteiger partial charge < -0.3 is 9.52 Å². The van der Waals surface area contributed by atoms with E-state index in [1.165, 1.54) is 18.5 Å². The molecule has 0 aliphatic rings. The Hall–Kier alpha value is -1.62. The number of furan rings is 1. The van der Waals surface area contributed by atoms with Gasteiger partial charge >= 0.3 is 5.97 Å². The van der Waals surface area contributed by atoms with Crippen molar-refractivity contribution in [1.29, 1.82) is 0 Å². The first kappa shape index (κ1) is 9.92. The van der Waals surface area contributed by atoms with Crippen molar-refractivity contribution in [1.82, 2.24) is 4.98 Å². The number of aromatic carboxylic acids is 1. The quantitative estimate of drug-likeness (QED) is 0.909. The molecule has 4 nitrogen and oxygen atoms in total. The summed E-state index contributed by atoms with van der Waals surface area (Å²) in [5.41, 5.74) is 0.676. The molecule has 2 aromatic rings. The standard InChI is InChI=1S/C10H6BrNO3/c11-7-2-4-15-9(7)6-1-3-12-8(5-6)10(13)14/h1-5H,(H,13,14). The van der Waals surface area contributed by atoms with Gasteiger partial charge in [-0.3, -0.25) is 0 Å². The zero-order chi connectivity index (χ0) is 10.8. The molecule has 0 aliphatic carbocycles. The van der Waals surface area contributed by atoms with Gasteiger partial charge in [-0.25, -0.2) is 9.78 Å². The van der Waals surface area contributed by atoms with Gasteiger partial charge in [0, 0.05) is 11.8 Å². The molecule has 2 rings (SSSR count). The van der Waals surface area contributed by atoms with Gasteiger partial charge in [0.05, 0.1) is 10.7 Å². The lowest BCUT2D eigenvalue weighted by Crippen LogP contribution is -1.99. The number of rotatable bonds is 2. The minimum Gasteiger partial charge on any atom is -0.477 e. The molecule has 15 heavy (non-hydrogen) atoms. The Kier molecular flexibility index (Phi) is 2.55. The van der Waals surface area contributed by atoms with Gasteiger partial charge in [0.15, 0.2) is 0 Å². The molecule has 0 fully saturated rings. The van der Waals surface area contributed by atoms with E-state index >= 15 is 0 Å². The third-order valence-electron chi connectivity index (χ3n) is 1.86. The Morgan fingerprint density at radius 1 is 1.47 bits per heavy atom. The van der Waals surface area contributed by atoms with E-state index in [1.54, 1.807) is 12.1 Å². The number of hydrogen-bond donors (Lipinski definition) is 1. The molecule has 76 valence electrons. The summed E-state index contributed by atoms with van der Waals surface area (Å²) < 4.78 is 6.00. The zero-order valence-corrected chi connectivity index (χ0v) is 9.06. The van der Waals surface area contributed by atoms with Gasteiger partial charge in [0.25, 0.3) is 0 Å². The van der Waals surface area contributed by atoms with Crippen LogP contribution >= 0.6 is 15.9 Å². The maximum atomic E-state index is 10.7. The van der Waals surface area contributed by atoms with E-state index in [4.69, 9.17) is 9.52 Å². The molecule has 0 spiro atoms. The van der Waals surface area contributed by atoms with Gasteiger partial charge in [0.2, 0.25) is 0 Å². The van der Waals surface area contributed by atoms with Crippen molar-refractivity contribution in [2.45, 2.75) is 0 Å². The van der Waals surface area contributed by atoms with Crippen molar-refractivity contribution in [3.8, 4) is 11.3 Å². The fourth-order valence-corrected chi connectivity index (χ4v) is 1.62. The molecule has 0 amide bonds. The minimum absolute atomic E-state index is 0.00389. The van der Waals surface area contributed by atoms with E-state index in [1.807, 2.05) is 0 Å². The summed E-state index contributed by atoms with van der Waals surface area (Å²) in [6, 6.07) is 4.90. The third-order valence-corrected chi connectivity index (χ3v) is 2.48. The minimum atomic E-state index is -1.06. The number of hydrogen-bond acceptors (Lipinski definition) is 3. The van der Waals surface area contributed by atoms with Crippen LogP contribution in [0.4, 0.5) is 0 Å². The first-order valence-corrected chi connectivity index (χ1v) is 4.90. The average molecular weight is 268 g/mol. The molecular weight excluding hydrogens is 262 g/mol. The number of halogens is 1. The number of carboxylic acids is 1. The van der Waals surface area contributed by atoms with Crippen molar-refractivity contribution < 1.29 is 14.3 Å². The van der Waals surface area contributed by atoms with Crippen LogP contribution in [0.15, 0.2) is 39.5 Å². The largest absolute Gasteiger partial charge is 0.477 e. The lowest BCUT2D eigenvalue weighted by molar-refractivity contribution is 0.0690. The van der Waals surface area contributed by atoms with E-state index in [9.17, 15) is 4.79 Å².